The zero-order chi connectivity index (χ0) is 29.8. The SMILES string of the molecule is C=CCc1cc(C=Nn2c(-c3cc4cc(Cl)ccc4o3)nc3ccccc3c2=O)cc(OC)c1O[C@H](C)C(=O)OCC. The third kappa shape index (κ3) is 5.77. The van der Waals surface area contributed by atoms with Crippen LogP contribution in [0.3, 0.4) is 0 Å². The number of furan rings is 1. The number of halogens is 1. The molecule has 214 valence electrons. The molecule has 5 rings (SSSR count). The number of aromatic nitrogens is 2. The summed E-state index contributed by atoms with van der Waals surface area (Å²) < 4.78 is 23.9. The summed E-state index contributed by atoms with van der Waals surface area (Å²) in [6.07, 6.45) is 2.80. The van der Waals surface area contributed by atoms with Crippen molar-refractivity contribution in [1.82, 2.24) is 9.66 Å². The molecule has 0 aliphatic carbocycles. The Hall–Kier alpha value is -4.89. The summed E-state index contributed by atoms with van der Waals surface area (Å²) in [4.78, 5) is 30.6. The third-order valence-electron chi connectivity index (χ3n) is 6.43. The maximum atomic E-state index is 13.6. The second kappa shape index (κ2) is 12.3. The highest BCUT2D eigenvalue weighted by Crippen LogP contribution is 2.34. The third-order valence-corrected chi connectivity index (χ3v) is 6.66. The molecule has 2 heterocycles. The van der Waals surface area contributed by atoms with E-state index in [1.54, 1.807) is 68.5 Å². The number of benzene rings is 3. The molecule has 0 bridgehead atoms. The van der Waals surface area contributed by atoms with Gasteiger partial charge >= 0.3 is 5.97 Å². The fourth-order valence-corrected chi connectivity index (χ4v) is 4.65. The Labute approximate surface area is 246 Å². The molecule has 0 saturated heterocycles. The largest absolute Gasteiger partial charge is 0.493 e. The standard InChI is InChI=1S/C32H28ClN3O6/c1-5-9-21-14-20(15-27(39-4)29(21)41-19(3)32(38)40-6-2)18-34-36-30(35-25-11-8-7-10-24(25)31(36)37)28-17-22-16-23(33)12-13-26(22)42-28/h5,7-8,10-19H,1,6,9H2,2-4H3/t19-/m1/s1. The van der Waals surface area contributed by atoms with Crippen LogP contribution >= 0.6 is 11.6 Å². The van der Waals surface area contributed by atoms with Crippen LogP contribution < -0.4 is 15.0 Å². The van der Waals surface area contributed by atoms with Crippen LogP contribution in [0.25, 0.3) is 33.5 Å². The van der Waals surface area contributed by atoms with Crippen LogP contribution in [0.2, 0.25) is 5.02 Å². The minimum Gasteiger partial charge on any atom is -0.493 e. The number of hydrogen-bond donors (Lipinski definition) is 0. The van der Waals surface area contributed by atoms with Gasteiger partial charge in [0, 0.05) is 16.0 Å². The predicted molar refractivity (Wildman–Crippen MR) is 163 cm³/mol. The van der Waals surface area contributed by atoms with Gasteiger partial charge < -0.3 is 18.6 Å². The molecule has 0 spiro atoms. The Bertz CT molecular complexity index is 1890. The van der Waals surface area contributed by atoms with E-state index in [9.17, 15) is 9.59 Å². The number of carbonyl (C=O) groups excluding carboxylic acids is 1. The Morgan fingerprint density at radius 1 is 1.19 bits per heavy atom. The van der Waals surface area contributed by atoms with Gasteiger partial charge in [-0.1, -0.05) is 29.8 Å². The fourth-order valence-electron chi connectivity index (χ4n) is 4.47. The number of para-hydroxylation sites is 1. The molecule has 0 saturated carbocycles. The summed E-state index contributed by atoms with van der Waals surface area (Å²) in [5.74, 6) is 0.863. The molecule has 2 aromatic heterocycles. The molecule has 0 aliphatic heterocycles. The van der Waals surface area contributed by atoms with Gasteiger partial charge in [-0.05, 0) is 74.4 Å². The number of carbonyl (C=O) groups is 1. The van der Waals surface area contributed by atoms with Crippen molar-refractivity contribution < 1.29 is 23.4 Å². The van der Waals surface area contributed by atoms with Crippen LogP contribution in [0, 0.1) is 0 Å². The topological polar surface area (TPSA) is 105 Å². The van der Waals surface area contributed by atoms with Gasteiger partial charge in [-0.15, -0.1) is 6.58 Å². The number of ether oxygens (including phenoxy) is 3. The maximum Gasteiger partial charge on any atom is 0.347 e. The zero-order valence-electron chi connectivity index (χ0n) is 23.3. The van der Waals surface area contributed by atoms with Crippen LogP contribution in [0.4, 0.5) is 0 Å². The first-order valence-electron chi connectivity index (χ1n) is 13.2. The van der Waals surface area contributed by atoms with Crippen molar-refractivity contribution in [1.29, 1.82) is 0 Å². The average molecular weight is 586 g/mol. The van der Waals surface area contributed by atoms with Crippen molar-refractivity contribution in [2.45, 2.75) is 26.4 Å². The van der Waals surface area contributed by atoms with E-state index in [0.717, 1.165) is 5.39 Å². The van der Waals surface area contributed by atoms with E-state index in [-0.39, 0.29) is 18.0 Å². The van der Waals surface area contributed by atoms with Crippen molar-refractivity contribution in [3.05, 3.63) is 99.8 Å². The van der Waals surface area contributed by atoms with Crippen molar-refractivity contribution in [3.63, 3.8) is 0 Å². The van der Waals surface area contributed by atoms with Crippen LogP contribution in [-0.2, 0) is 16.0 Å². The smallest absolute Gasteiger partial charge is 0.347 e. The molecule has 0 unspecified atom stereocenters. The average Bonchev–Trinajstić information content (AvgIpc) is 3.41. The number of nitrogens with zero attached hydrogens (tertiary/aromatic N) is 3. The number of methoxy groups -OCH3 is 1. The van der Waals surface area contributed by atoms with Crippen LogP contribution in [-0.4, -0.2) is 41.7 Å². The molecule has 42 heavy (non-hydrogen) atoms. The molecular weight excluding hydrogens is 558 g/mol. The minimum absolute atomic E-state index is 0.226. The first kappa shape index (κ1) is 28.6. The lowest BCUT2D eigenvalue weighted by Crippen LogP contribution is -2.26. The highest BCUT2D eigenvalue weighted by Gasteiger charge is 2.21. The molecule has 0 fully saturated rings. The van der Waals surface area contributed by atoms with Crippen LogP contribution in [0.5, 0.6) is 11.5 Å². The lowest BCUT2D eigenvalue weighted by molar-refractivity contribution is -0.150. The second-order valence-electron chi connectivity index (χ2n) is 9.32. The molecule has 0 N–H and O–H groups in total. The van der Waals surface area contributed by atoms with Crippen molar-refractivity contribution in [2.75, 3.05) is 13.7 Å². The van der Waals surface area contributed by atoms with Gasteiger partial charge in [-0.3, -0.25) is 4.79 Å². The van der Waals surface area contributed by atoms with E-state index in [1.807, 2.05) is 12.1 Å². The van der Waals surface area contributed by atoms with Gasteiger partial charge in [0.25, 0.3) is 5.56 Å². The molecule has 0 aliphatic rings. The van der Waals surface area contributed by atoms with E-state index in [2.05, 4.69) is 11.7 Å². The van der Waals surface area contributed by atoms with Gasteiger partial charge in [0.1, 0.15) is 5.58 Å². The molecular formula is C32H28ClN3O6. The summed E-state index contributed by atoms with van der Waals surface area (Å²) >= 11 is 6.17. The molecule has 3 aromatic carbocycles. The number of rotatable bonds is 10. The summed E-state index contributed by atoms with van der Waals surface area (Å²) in [5.41, 5.74) is 2.06. The summed E-state index contributed by atoms with van der Waals surface area (Å²) in [6.45, 7) is 7.41. The Morgan fingerprint density at radius 3 is 2.76 bits per heavy atom. The van der Waals surface area contributed by atoms with Gasteiger partial charge in [-0.2, -0.15) is 9.78 Å². The maximum absolute atomic E-state index is 13.6. The van der Waals surface area contributed by atoms with E-state index in [1.165, 1.54) is 18.0 Å². The van der Waals surface area contributed by atoms with Gasteiger partial charge in [0.15, 0.2) is 23.4 Å². The lowest BCUT2D eigenvalue weighted by atomic mass is 10.1. The highest BCUT2D eigenvalue weighted by atomic mass is 35.5. The lowest BCUT2D eigenvalue weighted by Gasteiger charge is -2.19. The quantitative estimate of drug-likeness (QED) is 0.106. The Balaban J connectivity index is 1.61. The molecule has 9 nitrogen and oxygen atoms in total. The Kier molecular flexibility index (Phi) is 8.40. The number of allylic oxidation sites excluding steroid dienone is 1. The molecule has 0 amide bonds. The van der Waals surface area contributed by atoms with Crippen molar-refractivity contribution >= 4 is 45.7 Å². The van der Waals surface area contributed by atoms with Gasteiger partial charge in [0.2, 0.25) is 5.82 Å². The Morgan fingerprint density at radius 2 is 2.00 bits per heavy atom. The first-order valence-corrected chi connectivity index (χ1v) is 13.6. The molecule has 5 aromatic rings. The van der Waals surface area contributed by atoms with Crippen molar-refractivity contribution in [3.8, 4) is 23.1 Å². The monoisotopic (exact) mass is 585 g/mol. The number of fused-ring (bicyclic) bond motifs is 2. The second-order valence-corrected chi connectivity index (χ2v) is 9.76. The van der Waals surface area contributed by atoms with Gasteiger partial charge in [0.05, 0.1) is 30.8 Å². The predicted octanol–water partition coefficient (Wildman–Crippen LogP) is 6.41. The highest BCUT2D eigenvalue weighted by molar-refractivity contribution is 6.31. The van der Waals surface area contributed by atoms with E-state index in [4.69, 9.17) is 35.2 Å². The number of hydrogen-bond acceptors (Lipinski definition) is 8. The minimum atomic E-state index is -0.856. The van der Waals surface area contributed by atoms with Gasteiger partial charge in [-0.25, -0.2) is 9.78 Å². The molecule has 0 radical (unpaired) electrons. The normalized spacial score (nSPS) is 12.1. The summed E-state index contributed by atoms with van der Waals surface area (Å²) in [7, 11) is 1.50. The van der Waals surface area contributed by atoms with E-state index in [0.29, 0.717) is 56.3 Å². The molecule has 10 heteroatoms. The van der Waals surface area contributed by atoms with Crippen LogP contribution in [0.15, 0.2) is 87.6 Å². The summed E-state index contributed by atoms with van der Waals surface area (Å²) in [5, 5.41) is 6.27. The first-order chi connectivity index (χ1) is 20.3. The van der Waals surface area contributed by atoms with Crippen LogP contribution in [0.1, 0.15) is 25.0 Å². The van der Waals surface area contributed by atoms with E-state index < -0.39 is 12.1 Å². The summed E-state index contributed by atoms with van der Waals surface area (Å²) in [6, 6.07) is 17.6. The van der Waals surface area contributed by atoms with Crippen molar-refractivity contribution in [2.24, 2.45) is 5.10 Å². The molecule has 1 atom stereocenters. The number of esters is 1. The fraction of sp³-hybridized carbons (Fsp3) is 0.188. The zero-order valence-corrected chi connectivity index (χ0v) is 24.1. The van der Waals surface area contributed by atoms with E-state index >= 15 is 0 Å².